The van der Waals surface area contributed by atoms with Gasteiger partial charge >= 0.3 is 0 Å². The lowest BCUT2D eigenvalue weighted by atomic mass is 9.87. The standard InChI is InChI=1S/C17H26FNO/c1-3-15(19)17(13-8-10-14(18)11-9-13)20-16-7-5-4-6-12(16)2/h8-12,15-17H,3-7,19H2,1-2H3. The van der Waals surface area contributed by atoms with Gasteiger partial charge in [-0.1, -0.05) is 38.8 Å². The van der Waals surface area contributed by atoms with Gasteiger partial charge < -0.3 is 10.5 Å². The molecule has 1 aliphatic carbocycles. The van der Waals surface area contributed by atoms with Crippen molar-refractivity contribution in [1.82, 2.24) is 0 Å². The molecule has 2 N–H and O–H groups in total. The summed E-state index contributed by atoms with van der Waals surface area (Å²) in [5.74, 6) is 0.361. The largest absolute Gasteiger partial charge is 0.368 e. The molecule has 4 atom stereocenters. The van der Waals surface area contributed by atoms with E-state index in [0.29, 0.717) is 5.92 Å². The number of hydrogen-bond acceptors (Lipinski definition) is 2. The number of rotatable bonds is 5. The molecule has 20 heavy (non-hydrogen) atoms. The van der Waals surface area contributed by atoms with Crippen LogP contribution in [0.1, 0.15) is 57.6 Å². The molecular formula is C17H26FNO. The van der Waals surface area contributed by atoms with Gasteiger partial charge in [0.05, 0.1) is 12.2 Å². The van der Waals surface area contributed by atoms with E-state index in [2.05, 4.69) is 13.8 Å². The zero-order chi connectivity index (χ0) is 14.5. The molecule has 1 aromatic rings. The Labute approximate surface area is 121 Å². The van der Waals surface area contributed by atoms with E-state index in [-0.39, 0.29) is 24.1 Å². The Morgan fingerprint density at radius 1 is 1.25 bits per heavy atom. The molecule has 0 aromatic heterocycles. The van der Waals surface area contributed by atoms with Gasteiger partial charge in [-0.15, -0.1) is 0 Å². The quantitative estimate of drug-likeness (QED) is 0.876. The number of halogens is 1. The van der Waals surface area contributed by atoms with Crippen LogP contribution in [0.5, 0.6) is 0 Å². The fourth-order valence-corrected chi connectivity index (χ4v) is 2.97. The van der Waals surface area contributed by atoms with E-state index in [1.807, 2.05) is 0 Å². The smallest absolute Gasteiger partial charge is 0.123 e. The maximum absolute atomic E-state index is 13.1. The first-order valence-corrected chi connectivity index (χ1v) is 7.78. The first-order valence-electron chi connectivity index (χ1n) is 7.78. The van der Waals surface area contributed by atoms with Gasteiger partial charge in [0, 0.05) is 6.04 Å². The summed E-state index contributed by atoms with van der Waals surface area (Å²) in [5.41, 5.74) is 7.22. The Morgan fingerprint density at radius 3 is 2.50 bits per heavy atom. The van der Waals surface area contributed by atoms with E-state index in [4.69, 9.17) is 10.5 Å². The van der Waals surface area contributed by atoms with E-state index >= 15 is 0 Å². The van der Waals surface area contributed by atoms with E-state index in [9.17, 15) is 4.39 Å². The summed E-state index contributed by atoms with van der Waals surface area (Å²) in [7, 11) is 0. The predicted octanol–water partition coefficient (Wildman–Crippen LogP) is 4.20. The Morgan fingerprint density at radius 2 is 1.90 bits per heavy atom. The molecule has 2 rings (SSSR count). The zero-order valence-corrected chi connectivity index (χ0v) is 12.5. The van der Waals surface area contributed by atoms with Crippen LogP contribution < -0.4 is 5.73 Å². The lowest BCUT2D eigenvalue weighted by Crippen LogP contribution is -2.35. The molecule has 2 nitrogen and oxygen atoms in total. The third-order valence-corrected chi connectivity index (χ3v) is 4.41. The maximum Gasteiger partial charge on any atom is 0.123 e. The van der Waals surface area contributed by atoms with Crippen LogP contribution in [0.4, 0.5) is 4.39 Å². The number of benzene rings is 1. The molecular weight excluding hydrogens is 253 g/mol. The van der Waals surface area contributed by atoms with Crippen LogP contribution in [-0.4, -0.2) is 12.1 Å². The van der Waals surface area contributed by atoms with Crippen molar-refractivity contribution in [2.45, 2.75) is 64.2 Å². The summed E-state index contributed by atoms with van der Waals surface area (Å²) in [6.07, 6.45) is 5.84. The van der Waals surface area contributed by atoms with Gasteiger partial charge in [-0.2, -0.15) is 0 Å². The maximum atomic E-state index is 13.1. The minimum atomic E-state index is -0.219. The van der Waals surface area contributed by atoms with E-state index in [0.717, 1.165) is 18.4 Å². The average molecular weight is 279 g/mol. The molecule has 0 radical (unpaired) electrons. The van der Waals surface area contributed by atoms with Crippen LogP contribution in [0.25, 0.3) is 0 Å². The van der Waals surface area contributed by atoms with E-state index in [1.54, 1.807) is 12.1 Å². The van der Waals surface area contributed by atoms with E-state index in [1.165, 1.54) is 31.4 Å². The van der Waals surface area contributed by atoms with Crippen LogP contribution in [0.3, 0.4) is 0 Å². The summed E-state index contributed by atoms with van der Waals surface area (Å²) in [5, 5.41) is 0. The first kappa shape index (κ1) is 15.5. The van der Waals surface area contributed by atoms with Gasteiger partial charge in [-0.3, -0.25) is 0 Å². The molecule has 1 aliphatic rings. The lowest BCUT2D eigenvalue weighted by molar-refractivity contribution is -0.0677. The van der Waals surface area contributed by atoms with Crippen LogP contribution >= 0.6 is 0 Å². The molecule has 1 saturated carbocycles. The van der Waals surface area contributed by atoms with Crippen molar-refractivity contribution in [2.75, 3.05) is 0 Å². The second-order valence-corrected chi connectivity index (χ2v) is 5.98. The molecule has 0 bridgehead atoms. The van der Waals surface area contributed by atoms with E-state index < -0.39 is 0 Å². The second kappa shape index (κ2) is 7.19. The van der Waals surface area contributed by atoms with Crippen LogP contribution in [-0.2, 0) is 4.74 Å². The molecule has 0 saturated heterocycles. The fourth-order valence-electron chi connectivity index (χ4n) is 2.97. The van der Waals surface area contributed by atoms with Crippen molar-refractivity contribution in [3.63, 3.8) is 0 Å². The normalized spacial score (nSPS) is 26.2. The fraction of sp³-hybridized carbons (Fsp3) is 0.647. The average Bonchev–Trinajstić information content (AvgIpc) is 2.47. The highest BCUT2D eigenvalue weighted by Crippen LogP contribution is 2.32. The third kappa shape index (κ3) is 3.80. The Hall–Kier alpha value is -0.930. The monoisotopic (exact) mass is 279 g/mol. The lowest BCUT2D eigenvalue weighted by Gasteiger charge is -2.34. The molecule has 3 heteroatoms. The number of nitrogens with two attached hydrogens (primary N) is 1. The predicted molar refractivity (Wildman–Crippen MR) is 79.9 cm³/mol. The van der Waals surface area contributed by atoms with Crippen LogP contribution in [0, 0.1) is 11.7 Å². The van der Waals surface area contributed by atoms with Gasteiger partial charge in [0.15, 0.2) is 0 Å². The molecule has 4 unspecified atom stereocenters. The van der Waals surface area contributed by atoms with Gasteiger partial charge in [-0.05, 0) is 42.9 Å². The molecule has 0 heterocycles. The highest BCUT2D eigenvalue weighted by molar-refractivity contribution is 5.20. The van der Waals surface area contributed by atoms with Crippen molar-refractivity contribution in [3.05, 3.63) is 35.6 Å². The summed E-state index contributed by atoms with van der Waals surface area (Å²) < 4.78 is 19.4. The zero-order valence-electron chi connectivity index (χ0n) is 12.5. The molecule has 0 spiro atoms. The molecule has 1 aromatic carbocycles. The van der Waals surface area contributed by atoms with Crippen molar-refractivity contribution >= 4 is 0 Å². The SMILES string of the molecule is CCC(N)C(OC1CCCCC1C)c1ccc(F)cc1. The van der Waals surface area contributed by atoms with Crippen molar-refractivity contribution in [2.24, 2.45) is 11.7 Å². The van der Waals surface area contributed by atoms with Crippen molar-refractivity contribution < 1.29 is 9.13 Å². The topological polar surface area (TPSA) is 35.2 Å². The van der Waals surface area contributed by atoms with Crippen LogP contribution in [0.2, 0.25) is 0 Å². The molecule has 1 fully saturated rings. The third-order valence-electron chi connectivity index (χ3n) is 4.41. The first-order chi connectivity index (χ1) is 9.61. The molecule has 112 valence electrons. The highest BCUT2D eigenvalue weighted by Gasteiger charge is 2.28. The Bertz CT molecular complexity index is 406. The number of ether oxygens (including phenoxy) is 1. The van der Waals surface area contributed by atoms with Crippen molar-refractivity contribution in [1.29, 1.82) is 0 Å². The summed E-state index contributed by atoms with van der Waals surface area (Å²) >= 11 is 0. The molecule has 0 aliphatic heterocycles. The number of hydrogen-bond donors (Lipinski definition) is 1. The Balaban J connectivity index is 2.12. The van der Waals surface area contributed by atoms with Crippen molar-refractivity contribution in [3.8, 4) is 0 Å². The minimum Gasteiger partial charge on any atom is -0.368 e. The summed E-state index contributed by atoms with van der Waals surface area (Å²) in [4.78, 5) is 0. The van der Waals surface area contributed by atoms with Crippen LogP contribution in [0.15, 0.2) is 24.3 Å². The summed E-state index contributed by atoms with van der Waals surface area (Å²) in [6, 6.07) is 6.51. The highest BCUT2D eigenvalue weighted by atomic mass is 19.1. The summed E-state index contributed by atoms with van der Waals surface area (Å²) in [6.45, 7) is 4.32. The Kier molecular flexibility index (Phi) is 5.55. The van der Waals surface area contributed by atoms with Gasteiger partial charge in [0.1, 0.15) is 5.82 Å². The van der Waals surface area contributed by atoms with Gasteiger partial charge in [0.2, 0.25) is 0 Å². The van der Waals surface area contributed by atoms with Gasteiger partial charge in [-0.25, -0.2) is 4.39 Å². The molecule has 0 amide bonds. The minimum absolute atomic E-state index is 0.0467. The van der Waals surface area contributed by atoms with Gasteiger partial charge in [0.25, 0.3) is 0 Å². The second-order valence-electron chi connectivity index (χ2n) is 5.98.